The first-order valence-electron chi connectivity index (χ1n) is 8.97. The molecule has 0 saturated carbocycles. The highest BCUT2D eigenvalue weighted by Gasteiger charge is 2.09. The maximum absolute atomic E-state index is 12.3. The normalized spacial score (nSPS) is 10.6. The largest absolute Gasteiger partial charge is 0.351 e. The fourth-order valence-corrected chi connectivity index (χ4v) is 2.63. The van der Waals surface area contributed by atoms with Crippen LogP contribution in [-0.4, -0.2) is 32.0 Å². The predicted octanol–water partition coefficient (Wildman–Crippen LogP) is 0.977. The molecule has 8 nitrogen and oxygen atoms in total. The zero-order valence-electron chi connectivity index (χ0n) is 15.5. The molecular weight excluding hydrogens is 358 g/mol. The number of aromatic nitrogens is 4. The van der Waals surface area contributed by atoms with Crippen molar-refractivity contribution in [2.45, 2.75) is 26.4 Å². The molecule has 0 spiro atoms. The molecule has 0 saturated heterocycles. The highest BCUT2D eigenvalue weighted by molar-refractivity contribution is 5.91. The number of nitrogens with zero attached hydrogens (tertiary/aromatic N) is 4. The third-order valence-electron chi connectivity index (χ3n) is 4.17. The van der Waals surface area contributed by atoms with Gasteiger partial charge >= 0.3 is 0 Å². The van der Waals surface area contributed by atoms with Crippen LogP contribution in [0.1, 0.15) is 28.0 Å². The summed E-state index contributed by atoms with van der Waals surface area (Å²) in [6.45, 7) is 3.05. The fourth-order valence-electron chi connectivity index (χ4n) is 2.63. The highest BCUT2D eigenvalue weighted by Crippen LogP contribution is 2.04. The number of hydrogen-bond donors (Lipinski definition) is 1. The van der Waals surface area contributed by atoms with Gasteiger partial charge in [-0.15, -0.1) is 0 Å². The van der Waals surface area contributed by atoms with Crippen LogP contribution >= 0.6 is 0 Å². The van der Waals surface area contributed by atoms with E-state index >= 15 is 0 Å². The predicted molar refractivity (Wildman–Crippen MR) is 104 cm³/mol. The van der Waals surface area contributed by atoms with E-state index in [0.717, 1.165) is 11.1 Å². The van der Waals surface area contributed by atoms with Crippen LogP contribution in [0.2, 0.25) is 0 Å². The minimum Gasteiger partial charge on any atom is -0.351 e. The molecular formula is C20H21N5O3. The van der Waals surface area contributed by atoms with Gasteiger partial charge in [0.1, 0.15) is 5.69 Å². The number of carbonyl (C=O) groups is 1. The lowest BCUT2D eigenvalue weighted by atomic mass is 10.1. The highest BCUT2D eigenvalue weighted by atomic mass is 16.2. The molecule has 2 heterocycles. The number of rotatable bonds is 7. The summed E-state index contributed by atoms with van der Waals surface area (Å²) in [5.41, 5.74) is 1.77. The molecule has 1 N–H and O–H groups in total. The van der Waals surface area contributed by atoms with Gasteiger partial charge in [-0.3, -0.25) is 14.4 Å². The van der Waals surface area contributed by atoms with Gasteiger partial charge in [0.05, 0.1) is 6.54 Å². The van der Waals surface area contributed by atoms with Crippen LogP contribution in [0, 0.1) is 6.92 Å². The van der Waals surface area contributed by atoms with Crippen molar-refractivity contribution < 1.29 is 4.79 Å². The second-order valence-electron chi connectivity index (χ2n) is 6.39. The van der Waals surface area contributed by atoms with Crippen molar-refractivity contribution in [1.82, 2.24) is 24.9 Å². The molecule has 0 unspecified atom stereocenters. The topological polar surface area (TPSA) is 98.9 Å². The maximum atomic E-state index is 12.3. The quantitative estimate of drug-likeness (QED) is 0.617. The Morgan fingerprint density at radius 3 is 2.50 bits per heavy atom. The Labute approximate surface area is 161 Å². The van der Waals surface area contributed by atoms with Crippen molar-refractivity contribution in [3.05, 3.63) is 92.3 Å². The third-order valence-corrected chi connectivity index (χ3v) is 4.17. The van der Waals surface area contributed by atoms with Crippen molar-refractivity contribution >= 4 is 5.91 Å². The van der Waals surface area contributed by atoms with Crippen LogP contribution in [-0.2, 0) is 13.1 Å². The number of aryl methyl sites for hydroxylation is 2. The summed E-state index contributed by atoms with van der Waals surface area (Å²) in [7, 11) is 0. The molecule has 0 aliphatic carbocycles. The van der Waals surface area contributed by atoms with E-state index in [9.17, 15) is 14.4 Å². The van der Waals surface area contributed by atoms with E-state index in [1.165, 1.54) is 27.6 Å². The lowest BCUT2D eigenvalue weighted by molar-refractivity contribution is 0.0945. The maximum Gasteiger partial charge on any atom is 0.271 e. The summed E-state index contributed by atoms with van der Waals surface area (Å²) in [5.74, 6) is -0.369. The number of nitrogens with one attached hydrogen (secondary N) is 1. The van der Waals surface area contributed by atoms with Gasteiger partial charge in [-0.05, 0) is 31.0 Å². The molecule has 0 atom stereocenters. The molecule has 0 bridgehead atoms. The van der Waals surface area contributed by atoms with Gasteiger partial charge in [0.15, 0.2) is 0 Å². The zero-order valence-corrected chi connectivity index (χ0v) is 15.5. The van der Waals surface area contributed by atoms with Gasteiger partial charge < -0.3 is 5.32 Å². The molecule has 0 aliphatic heterocycles. The fraction of sp³-hybridized carbons (Fsp3) is 0.250. The summed E-state index contributed by atoms with van der Waals surface area (Å²) in [5, 5.41) is 10.9. The number of amides is 1. The minimum absolute atomic E-state index is 0.168. The Hall–Kier alpha value is -3.55. The van der Waals surface area contributed by atoms with E-state index in [1.807, 2.05) is 31.2 Å². The number of benzene rings is 1. The van der Waals surface area contributed by atoms with Gasteiger partial charge in [-0.25, -0.2) is 9.36 Å². The monoisotopic (exact) mass is 379 g/mol. The molecule has 1 aromatic carbocycles. The zero-order chi connectivity index (χ0) is 19.9. The van der Waals surface area contributed by atoms with Crippen molar-refractivity contribution in [3.63, 3.8) is 0 Å². The second-order valence-corrected chi connectivity index (χ2v) is 6.39. The first-order chi connectivity index (χ1) is 13.5. The average Bonchev–Trinajstić information content (AvgIpc) is 2.69. The molecule has 0 aliphatic rings. The van der Waals surface area contributed by atoms with Gasteiger partial charge in [-0.1, -0.05) is 29.8 Å². The van der Waals surface area contributed by atoms with Gasteiger partial charge in [0, 0.05) is 31.4 Å². The third kappa shape index (κ3) is 5.00. The summed E-state index contributed by atoms with van der Waals surface area (Å²) >= 11 is 0. The second kappa shape index (κ2) is 8.90. The Morgan fingerprint density at radius 1 is 1.00 bits per heavy atom. The number of hydrogen-bond acceptors (Lipinski definition) is 5. The molecule has 3 rings (SSSR count). The van der Waals surface area contributed by atoms with Crippen molar-refractivity contribution in [2.24, 2.45) is 0 Å². The summed E-state index contributed by atoms with van der Waals surface area (Å²) in [6.07, 6.45) is 2.09. The molecule has 28 heavy (non-hydrogen) atoms. The van der Waals surface area contributed by atoms with E-state index in [4.69, 9.17) is 0 Å². The summed E-state index contributed by atoms with van der Waals surface area (Å²) < 4.78 is 2.61. The number of carbonyl (C=O) groups excluding carboxylic acids is 1. The van der Waals surface area contributed by atoms with E-state index in [2.05, 4.69) is 15.5 Å². The first-order valence-corrected chi connectivity index (χ1v) is 8.97. The molecule has 2 aromatic heterocycles. The Morgan fingerprint density at radius 2 is 1.75 bits per heavy atom. The lowest BCUT2D eigenvalue weighted by Gasteiger charge is -2.08. The average molecular weight is 379 g/mol. The summed E-state index contributed by atoms with van der Waals surface area (Å²) in [6, 6.07) is 13.5. The SMILES string of the molecule is Cc1ccc(Cn2nc(C(=O)NCCCn3ncccc3=O)ccc2=O)cc1. The molecule has 144 valence electrons. The van der Waals surface area contributed by atoms with E-state index in [0.29, 0.717) is 26.1 Å². The van der Waals surface area contributed by atoms with E-state index in [-0.39, 0.29) is 22.7 Å². The smallest absolute Gasteiger partial charge is 0.271 e. The van der Waals surface area contributed by atoms with Crippen LogP contribution in [0.4, 0.5) is 0 Å². The summed E-state index contributed by atoms with van der Waals surface area (Å²) in [4.78, 5) is 35.9. The van der Waals surface area contributed by atoms with Crippen LogP contribution in [0.5, 0.6) is 0 Å². The standard InChI is InChI=1S/C20H21N5O3/c1-15-5-7-16(8-6-15)14-25-19(27)10-9-17(23-25)20(28)21-11-3-13-24-18(26)4-2-12-22-24/h2,4-10,12H,3,11,13-14H2,1H3,(H,21,28). The van der Waals surface area contributed by atoms with Crippen LogP contribution in [0.15, 0.2) is 64.3 Å². The molecule has 8 heteroatoms. The van der Waals surface area contributed by atoms with Crippen molar-refractivity contribution in [1.29, 1.82) is 0 Å². The lowest BCUT2D eigenvalue weighted by Crippen LogP contribution is -2.31. The Kier molecular flexibility index (Phi) is 6.11. The molecule has 3 aromatic rings. The van der Waals surface area contributed by atoms with Gasteiger partial charge in [0.25, 0.3) is 17.0 Å². The Balaban J connectivity index is 1.59. The molecule has 0 fully saturated rings. The first kappa shape index (κ1) is 19.2. The van der Waals surface area contributed by atoms with Crippen molar-refractivity contribution in [2.75, 3.05) is 6.54 Å². The molecule has 1 amide bonds. The van der Waals surface area contributed by atoms with Crippen LogP contribution < -0.4 is 16.4 Å². The Bertz CT molecular complexity index is 1070. The van der Waals surface area contributed by atoms with Gasteiger partial charge in [-0.2, -0.15) is 10.2 Å². The van der Waals surface area contributed by atoms with E-state index < -0.39 is 0 Å². The van der Waals surface area contributed by atoms with Gasteiger partial charge in [0.2, 0.25) is 0 Å². The van der Waals surface area contributed by atoms with Crippen LogP contribution in [0.25, 0.3) is 0 Å². The van der Waals surface area contributed by atoms with Crippen LogP contribution in [0.3, 0.4) is 0 Å². The minimum atomic E-state index is -0.369. The van der Waals surface area contributed by atoms with E-state index in [1.54, 1.807) is 12.3 Å². The molecule has 0 radical (unpaired) electrons. The van der Waals surface area contributed by atoms with Crippen molar-refractivity contribution in [3.8, 4) is 0 Å².